The molecule has 1 saturated carbocycles. The summed E-state index contributed by atoms with van der Waals surface area (Å²) >= 11 is 0. The van der Waals surface area contributed by atoms with Gasteiger partial charge in [0, 0.05) is 0 Å². The average molecular weight is 232 g/mol. The topological polar surface area (TPSA) is 82.3 Å². The van der Waals surface area contributed by atoms with Gasteiger partial charge in [0.2, 0.25) is 0 Å². The summed E-state index contributed by atoms with van der Waals surface area (Å²) in [5.41, 5.74) is 0. The number of ether oxygens (including phenoxy) is 1. The third kappa shape index (κ3) is 2.42. The number of rotatable bonds is 3. The van der Waals surface area contributed by atoms with Gasteiger partial charge in [-0.3, -0.25) is 0 Å². The summed E-state index contributed by atoms with van der Waals surface area (Å²) in [6, 6.07) is 2.34. The van der Waals surface area contributed by atoms with E-state index in [0.29, 0.717) is 0 Å². The van der Waals surface area contributed by atoms with Crippen LogP contribution >= 0.6 is 0 Å². The minimum atomic E-state index is -3.96. The summed E-state index contributed by atoms with van der Waals surface area (Å²) in [7, 11) is -3.96. The molecule has 1 aromatic heterocycles. The Balaban J connectivity index is 2.29. The Hall–Kier alpha value is -1.21. The van der Waals surface area contributed by atoms with Crippen LogP contribution in [0.2, 0.25) is 0 Å². The SMILES string of the molecule is NS(=O)(=O)c1ccc(OC2CC2)c(F)n1. The zero-order chi connectivity index (χ0) is 11.1. The molecule has 0 atom stereocenters. The number of hydrogen-bond acceptors (Lipinski definition) is 4. The van der Waals surface area contributed by atoms with Gasteiger partial charge in [-0.2, -0.15) is 4.39 Å². The molecule has 1 fully saturated rings. The monoisotopic (exact) mass is 232 g/mol. The number of nitrogens with two attached hydrogens (primary N) is 1. The minimum Gasteiger partial charge on any atom is -0.486 e. The smallest absolute Gasteiger partial charge is 0.256 e. The van der Waals surface area contributed by atoms with Crippen LogP contribution in [0.25, 0.3) is 0 Å². The van der Waals surface area contributed by atoms with Crippen LogP contribution in [0.1, 0.15) is 12.8 Å². The molecule has 5 nitrogen and oxygen atoms in total. The molecule has 15 heavy (non-hydrogen) atoms. The van der Waals surface area contributed by atoms with Gasteiger partial charge in [-0.1, -0.05) is 0 Å². The molecule has 0 saturated heterocycles. The maximum Gasteiger partial charge on any atom is 0.256 e. The molecular weight excluding hydrogens is 223 g/mol. The van der Waals surface area contributed by atoms with Crippen molar-refractivity contribution in [3.8, 4) is 5.75 Å². The molecule has 0 bridgehead atoms. The van der Waals surface area contributed by atoms with Crippen LogP contribution in [0.4, 0.5) is 4.39 Å². The van der Waals surface area contributed by atoms with Gasteiger partial charge in [-0.05, 0) is 25.0 Å². The van der Waals surface area contributed by atoms with E-state index in [9.17, 15) is 12.8 Å². The molecule has 0 unspecified atom stereocenters. The van der Waals surface area contributed by atoms with Gasteiger partial charge in [-0.25, -0.2) is 18.5 Å². The van der Waals surface area contributed by atoms with Crippen molar-refractivity contribution >= 4 is 10.0 Å². The van der Waals surface area contributed by atoms with E-state index in [-0.39, 0.29) is 11.9 Å². The Labute approximate surface area is 86.1 Å². The normalized spacial score (nSPS) is 16.4. The van der Waals surface area contributed by atoms with Gasteiger partial charge in [0.25, 0.3) is 16.0 Å². The number of hydrogen-bond donors (Lipinski definition) is 1. The standard InChI is InChI=1S/C8H9FN2O3S/c9-8-6(14-5-1-2-5)3-4-7(11-8)15(10,12)13/h3-5H,1-2H2,(H2,10,12,13). The van der Waals surface area contributed by atoms with E-state index in [0.717, 1.165) is 18.9 Å². The van der Waals surface area contributed by atoms with Crippen LogP contribution in [0.3, 0.4) is 0 Å². The maximum atomic E-state index is 13.2. The zero-order valence-corrected chi connectivity index (χ0v) is 8.50. The van der Waals surface area contributed by atoms with Gasteiger partial charge in [-0.15, -0.1) is 0 Å². The van der Waals surface area contributed by atoms with Crippen molar-refractivity contribution in [3.63, 3.8) is 0 Å². The molecule has 0 radical (unpaired) electrons. The quantitative estimate of drug-likeness (QED) is 0.765. The second kappa shape index (κ2) is 3.42. The third-order valence-corrected chi connectivity index (χ3v) is 2.71. The van der Waals surface area contributed by atoms with Crippen molar-refractivity contribution in [3.05, 3.63) is 18.1 Å². The van der Waals surface area contributed by atoms with Crippen molar-refractivity contribution in [2.45, 2.75) is 24.0 Å². The summed E-state index contributed by atoms with van der Waals surface area (Å²) < 4.78 is 40.0. The molecule has 2 N–H and O–H groups in total. The van der Waals surface area contributed by atoms with Crippen molar-refractivity contribution in [1.29, 1.82) is 0 Å². The van der Waals surface area contributed by atoms with Crippen LogP contribution in [0.5, 0.6) is 5.75 Å². The summed E-state index contributed by atoms with van der Waals surface area (Å²) in [6.07, 6.45) is 1.80. The summed E-state index contributed by atoms with van der Waals surface area (Å²) in [5, 5.41) is 4.29. The first-order valence-corrected chi connectivity index (χ1v) is 5.87. The van der Waals surface area contributed by atoms with Crippen LogP contribution in [0.15, 0.2) is 17.2 Å². The number of aromatic nitrogens is 1. The lowest BCUT2D eigenvalue weighted by Gasteiger charge is -2.05. The van der Waals surface area contributed by atoms with Crippen LogP contribution in [0, 0.1) is 5.95 Å². The van der Waals surface area contributed by atoms with E-state index in [1.165, 1.54) is 6.07 Å². The van der Waals surface area contributed by atoms with Gasteiger partial charge in [0.15, 0.2) is 10.8 Å². The molecule has 1 heterocycles. The fourth-order valence-corrected chi connectivity index (χ4v) is 1.48. The highest BCUT2D eigenvalue weighted by molar-refractivity contribution is 7.89. The van der Waals surface area contributed by atoms with Crippen LogP contribution in [-0.4, -0.2) is 19.5 Å². The Kier molecular flexibility index (Phi) is 2.35. The number of pyridine rings is 1. The Morgan fingerprint density at radius 1 is 1.47 bits per heavy atom. The molecule has 1 aromatic rings. The summed E-state index contributed by atoms with van der Waals surface area (Å²) in [4.78, 5) is 3.22. The summed E-state index contributed by atoms with van der Waals surface area (Å²) in [5.74, 6) is -0.988. The first-order chi connectivity index (χ1) is 6.97. The Morgan fingerprint density at radius 3 is 2.60 bits per heavy atom. The second-order valence-electron chi connectivity index (χ2n) is 3.30. The van der Waals surface area contributed by atoms with Crippen molar-refractivity contribution in [2.24, 2.45) is 5.14 Å². The van der Waals surface area contributed by atoms with Crippen LogP contribution < -0.4 is 9.88 Å². The molecule has 0 amide bonds. The molecular formula is C8H9FN2O3S. The lowest BCUT2D eigenvalue weighted by atomic mass is 10.4. The first kappa shape index (κ1) is 10.3. The van der Waals surface area contributed by atoms with Crippen molar-refractivity contribution in [2.75, 3.05) is 0 Å². The molecule has 82 valence electrons. The molecule has 1 aliphatic rings. The highest BCUT2D eigenvalue weighted by atomic mass is 32.2. The first-order valence-electron chi connectivity index (χ1n) is 4.33. The van der Waals surface area contributed by atoms with E-state index in [1.54, 1.807) is 0 Å². The fourth-order valence-electron chi connectivity index (χ4n) is 1.02. The molecule has 1 aliphatic carbocycles. The van der Waals surface area contributed by atoms with Gasteiger partial charge in [0.05, 0.1) is 6.10 Å². The van der Waals surface area contributed by atoms with Gasteiger partial charge >= 0.3 is 0 Å². The average Bonchev–Trinajstić information content (AvgIpc) is 2.90. The molecule has 0 aliphatic heterocycles. The van der Waals surface area contributed by atoms with Gasteiger partial charge < -0.3 is 4.74 Å². The molecule has 7 heteroatoms. The number of nitrogens with zero attached hydrogens (tertiary/aromatic N) is 1. The Bertz CT molecular complexity index is 485. The van der Waals surface area contributed by atoms with E-state index in [2.05, 4.69) is 4.98 Å². The Morgan fingerprint density at radius 2 is 2.13 bits per heavy atom. The number of halogens is 1. The molecule has 0 spiro atoms. The fraction of sp³-hybridized carbons (Fsp3) is 0.375. The summed E-state index contributed by atoms with van der Waals surface area (Å²) in [6.45, 7) is 0. The van der Waals surface area contributed by atoms with E-state index in [4.69, 9.17) is 9.88 Å². The number of sulfonamides is 1. The number of primary sulfonamides is 1. The lowest BCUT2D eigenvalue weighted by Crippen LogP contribution is -2.15. The van der Waals surface area contributed by atoms with E-state index >= 15 is 0 Å². The highest BCUT2D eigenvalue weighted by Crippen LogP contribution is 2.28. The predicted octanol–water partition coefficient (Wildman–Crippen LogP) is 0.409. The molecule has 0 aromatic carbocycles. The largest absolute Gasteiger partial charge is 0.486 e. The van der Waals surface area contributed by atoms with E-state index in [1.807, 2.05) is 0 Å². The van der Waals surface area contributed by atoms with Crippen molar-refractivity contribution in [1.82, 2.24) is 4.98 Å². The molecule has 2 rings (SSSR count). The highest BCUT2D eigenvalue weighted by Gasteiger charge is 2.25. The van der Waals surface area contributed by atoms with Gasteiger partial charge in [0.1, 0.15) is 0 Å². The lowest BCUT2D eigenvalue weighted by molar-refractivity contribution is 0.282. The van der Waals surface area contributed by atoms with E-state index < -0.39 is 21.0 Å². The maximum absolute atomic E-state index is 13.2. The zero-order valence-electron chi connectivity index (χ0n) is 7.68. The minimum absolute atomic E-state index is 0.0293. The predicted molar refractivity (Wildman–Crippen MR) is 49.2 cm³/mol. The van der Waals surface area contributed by atoms with Crippen LogP contribution in [-0.2, 0) is 10.0 Å². The second-order valence-corrected chi connectivity index (χ2v) is 4.81. The van der Waals surface area contributed by atoms with Crippen molar-refractivity contribution < 1.29 is 17.5 Å². The third-order valence-electron chi connectivity index (χ3n) is 1.90.